The Morgan fingerprint density at radius 3 is 2.07 bits per heavy atom. The Hall–Kier alpha value is -0.0800. The normalized spacial score (nSPS) is 13.9. The zero-order chi connectivity index (χ0) is 11.0. The van der Waals surface area contributed by atoms with Crippen LogP contribution in [0, 0.1) is 11.8 Å². The maximum Gasteiger partial charge on any atom is 0.159 e. The minimum absolute atomic E-state index is 0.0241. The Labute approximate surface area is 89.0 Å². The highest BCUT2D eigenvalue weighted by Gasteiger charge is 2.14. The van der Waals surface area contributed by atoms with Crippen LogP contribution in [0.1, 0.15) is 47.5 Å². The summed E-state index contributed by atoms with van der Waals surface area (Å²) in [7, 11) is 0. The van der Waals surface area contributed by atoms with E-state index in [4.69, 9.17) is 9.47 Å². The molecule has 0 aromatic heterocycles. The molecule has 1 atom stereocenters. The van der Waals surface area contributed by atoms with Crippen molar-refractivity contribution in [2.45, 2.75) is 53.8 Å². The van der Waals surface area contributed by atoms with Crippen LogP contribution in [0.15, 0.2) is 0 Å². The SMILES string of the molecule is CCCCOC(OCC(C)C)C(C)C. The molecular formula is C12H26O2. The van der Waals surface area contributed by atoms with Crippen molar-refractivity contribution in [3.8, 4) is 0 Å². The molecule has 86 valence electrons. The third-order valence-corrected chi connectivity index (χ3v) is 1.92. The van der Waals surface area contributed by atoms with Gasteiger partial charge in [0, 0.05) is 12.5 Å². The number of rotatable bonds is 8. The zero-order valence-electron chi connectivity index (χ0n) is 10.4. The van der Waals surface area contributed by atoms with Gasteiger partial charge in [0.15, 0.2) is 6.29 Å². The fourth-order valence-electron chi connectivity index (χ4n) is 1.06. The summed E-state index contributed by atoms with van der Waals surface area (Å²) in [6.07, 6.45) is 2.27. The molecule has 0 aliphatic carbocycles. The first-order valence-corrected chi connectivity index (χ1v) is 5.81. The second-order valence-electron chi connectivity index (χ2n) is 4.56. The average Bonchev–Trinajstić information content (AvgIpc) is 2.10. The van der Waals surface area contributed by atoms with Crippen molar-refractivity contribution in [3.05, 3.63) is 0 Å². The second-order valence-corrected chi connectivity index (χ2v) is 4.56. The first-order chi connectivity index (χ1) is 6.57. The molecule has 14 heavy (non-hydrogen) atoms. The van der Waals surface area contributed by atoms with Crippen LogP contribution in [0.3, 0.4) is 0 Å². The minimum atomic E-state index is -0.0241. The molecule has 0 N–H and O–H groups in total. The molecule has 2 nitrogen and oxygen atoms in total. The van der Waals surface area contributed by atoms with Crippen LogP contribution in [-0.4, -0.2) is 19.5 Å². The standard InChI is InChI=1S/C12H26O2/c1-6-7-8-13-12(11(4)5)14-9-10(2)3/h10-12H,6-9H2,1-5H3. The van der Waals surface area contributed by atoms with Crippen molar-refractivity contribution in [2.75, 3.05) is 13.2 Å². The van der Waals surface area contributed by atoms with E-state index in [1.807, 2.05) is 0 Å². The molecule has 0 aliphatic rings. The van der Waals surface area contributed by atoms with Gasteiger partial charge in [0.25, 0.3) is 0 Å². The lowest BCUT2D eigenvalue weighted by Gasteiger charge is -2.22. The molecule has 0 bridgehead atoms. The van der Waals surface area contributed by atoms with Gasteiger partial charge in [-0.05, 0) is 12.3 Å². The van der Waals surface area contributed by atoms with E-state index in [9.17, 15) is 0 Å². The van der Waals surface area contributed by atoms with E-state index in [0.29, 0.717) is 11.8 Å². The van der Waals surface area contributed by atoms with Crippen LogP contribution in [0.2, 0.25) is 0 Å². The smallest absolute Gasteiger partial charge is 0.159 e. The summed E-state index contributed by atoms with van der Waals surface area (Å²) in [5, 5.41) is 0. The lowest BCUT2D eigenvalue weighted by atomic mass is 10.2. The Morgan fingerprint density at radius 1 is 1.00 bits per heavy atom. The summed E-state index contributed by atoms with van der Waals surface area (Å²) in [5.74, 6) is 1.01. The molecule has 0 rings (SSSR count). The highest BCUT2D eigenvalue weighted by atomic mass is 16.7. The van der Waals surface area contributed by atoms with Gasteiger partial charge < -0.3 is 9.47 Å². The van der Waals surface area contributed by atoms with E-state index in [1.54, 1.807) is 0 Å². The van der Waals surface area contributed by atoms with Crippen molar-refractivity contribution in [1.82, 2.24) is 0 Å². The second kappa shape index (κ2) is 8.25. The molecule has 0 radical (unpaired) electrons. The molecule has 0 aliphatic heterocycles. The molecule has 0 fully saturated rings. The number of ether oxygens (including phenoxy) is 2. The molecule has 2 heteroatoms. The number of hydrogen-bond acceptors (Lipinski definition) is 2. The Morgan fingerprint density at radius 2 is 1.64 bits per heavy atom. The molecule has 0 aromatic rings. The highest BCUT2D eigenvalue weighted by molar-refractivity contribution is 4.52. The maximum atomic E-state index is 5.69. The molecular weight excluding hydrogens is 176 g/mol. The van der Waals surface area contributed by atoms with Crippen LogP contribution in [0.4, 0.5) is 0 Å². The minimum Gasteiger partial charge on any atom is -0.352 e. The summed E-state index contributed by atoms with van der Waals surface area (Å²) < 4.78 is 11.4. The van der Waals surface area contributed by atoms with E-state index < -0.39 is 0 Å². The molecule has 0 saturated heterocycles. The van der Waals surface area contributed by atoms with Crippen LogP contribution in [0.5, 0.6) is 0 Å². The van der Waals surface area contributed by atoms with Gasteiger partial charge in [-0.15, -0.1) is 0 Å². The third-order valence-electron chi connectivity index (χ3n) is 1.92. The Kier molecular flexibility index (Phi) is 8.20. The van der Waals surface area contributed by atoms with E-state index in [1.165, 1.54) is 6.42 Å². The summed E-state index contributed by atoms with van der Waals surface area (Å²) >= 11 is 0. The van der Waals surface area contributed by atoms with Gasteiger partial charge in [0.2, 0.25) is 0 Å². The predicted octanol–water partition coefficient (Wildman–Crippen LogP) is 3.46. The third kappa shape index (κ3) is 7.34. The summed E-state index contributed by atoms with van der Waals surface area (Å²) in [4.78, 5) is 0. The van der Waals surface area contributed by atoms with E-state index in [-0.39, 0.29) is 6.29 Å². The predicted molar refractivity (Wildman–Crippen MR) is 60.3 cm³/mol. The average molecular weight is 202 g/mol. The first-order valence-electron chi connectivity index (χ1n) is 5.81. The molecule has 1 unspecified atom stereocenters. The van der Waals surface area contributed by atoms with Crippen molar-refractivity contribution in [2.24, 2.45) is 11.8 Å². The Balaban J connectivity index is 3.66. The van der Waals surface area contributed by atoms with Crippen LogP contribution < -0.4 is 0 Å². The van der Waals surface area contributed by atoms with Crippen molar-refractivity contribution >= 4 is 0 Å². The van der Waals surface area contributed by atoms with Crippen LogP contribution in [0.25, 0.3) is 0 Å². The lowest BCUT2D eigenvalue weighted by molar-refractivity contribution is -0.171. The highest BCUT2D eigenvalue weighted by Crippen LogP contribution is 2.10. The van der Waals surface area contributed by atoms with Crippen molar-refractivity contribution in [3.63, 3.8) is 0 Å². The van der Waals surface area contributed by atoms with Gasteiger partial charge in [-0.3, -0.25) is 0 Å². The summed E-state index contributed by atoms with van der Waals surface area (Å²) in [6, 6.07) is 0. The maximum absolute atomic E-state index is 5.69. The molecule has 0 amide bonds. The van der Waals surface area contributed by atoms with Gasteiger partial charge in [-0.1, -0.05) is 41.0 Å². The zero-order valence-corrected chi connectivity index (χ0v) is 10.4. The first kappa shape index (κ1) is 13.9. The van der Waals surface area contributed by atoms with Crippen LogP contribution in [-0.2, 0) is 9.47 Å². The number of unbranched alkanes of at least 4 members (excludes halogenated alkanes) is 1. The topological polar surface area (TPSA) is 18.5 Å². The molecule has 0 spiro atoms. The monoisotopic (exact) mass is 202 g/mol. The van der Waals surface area contributed by atoms with Gasteiger partial charge >= 0.3 is 0 Å². The molecule has 0 saturated carbocycles. The van der Waals surface area contributed by atoms with Gasteiger partial charge in [-0.2, -0.15) is 0 Å². The van der Waals surface area contributed by atoms with Crippen LogP contribution >= 0.6 is 0 Å². The Bertz CT molecular complexity index is 121. The van der Waals surface area contributed by atoms with E-state index in [0.717, 1.165) is 19.6 Å². The van der Waals surface area contributed by atoms with Gasteiger partial charge in [0.1, 0.15) is 0 Å². The van der Waals surface area contributed by atoms with Gasteiger partial charge in [-0.25, -0.2) is 0 Å². The van der Waals surface area contributed by atoms with Gasteiger partial charge in [0.05, 0.1) is 6.61 Å². The van der Waals surface area contributed by atoms with Crippen molar-refractivity contribution < 1.29 is 9.47 Å². The summed E-state index contributed by atoms with van der Waals surface area (Å²) in [5.41, 5.74) is 0. The number of hydrogen-bond donors (Lipinski definition) is 0. The van der Waals surface area contributed by atoms with Crippen molar-refractivity contribution in [1.29, 1.82) is 0 Å². The quantitative estimate of drug-likeness (QED) is 0.443. The summed E-state index contributed by atoms with van der Waals surface area (Å²) in [6.45, 7) is 12.4. The molecule has 0 aromatic carbocycles. The van der Waals surface area contributed by atoms with E-state index >= 15 is 0 Å². The lowest BCUT2D eigenvalue weighted by Crippen LogP contribution is -2.25. The molecule has 0 heterocycles. The largest absolute Gasteiger partial charge is 0.352 e. The van der Waals surface area contributed by atoms with E-state index in [2.05, 4.69) is 34.6 Å². The fraction of sp³-hybridized carbons (Fsp3) is 1.00. The fourth-order valence-corrected chi connectivity index (χ4v) is 1.06.